The van der Waals surface area contributed by atoms with Crippen LogP contribution in [-0.2, 0) is 20.7 Å². The van der Waals surface area contributed by atoms with Gasteiger partial charge in [0.25, 0.3) is 5.91 Å². The van der Waals surface area contributed by atoms with Gasteiger partial charge in [-0.25, -0.2) is 9.59 Å². The summed E-state index contributed by atoms with van der Waals surface area (Å²) in [5, 5.41) is 8.09. The number of benzene rings is 3. The van der Waals surface area contributed by atoms with E-state index >= 15 is 0 Å². The molecule has 198 valence electrons. The maximum atomic E-state index is 13.4. The molecule has 9 nitrogen and oxygen atoms in total. The van der Waals surface area contributed by atoms with E-state index in [1.807, 2.05) is 30.3 Å². The van der Waals surface area contributed by atoms with Crippen molar-refractivity contribution in [3.05, 3.63) is 95.6 Å². The van der Waals surface area contributed by atoms with E-state index in [0.29, 0.717) is 0 Å². The van der Waals surface area contributed by atoms with Crippen LogP contribution in [0.5, 0.6) is 0 Å². The normalized spacial score (nSPS) is 11.6. The molecule has 0 unspecified atom stereocenters. The van der Waals surface area contributed by atoms with Crippen LogP contribution in [0.25, 0.3) is 0 Å². The second kappa shape index (κ2) is 12.5. The number of ether oxygens (including phenoxy) is 2. The average molecular weight is 518 g/mol. The van der Waals surface area contributed by atoms with Crippen LogP contribution in [0.1, 0.15) is 47.1 Å². The van der Waals surface area contributed by atoms with E-state index < -0.39 is 35.5 Å². The lowest BCUT2D eigenvalue weighted by atomic mass is 10.0. The zero-order valence-electron chi connectivity index (χ0n) is 21.7. The van der Waals surface area contributed by atoms with E-state index in [-0.39, 0.29) is 28.9 Å². The molecule has 3 rings (SSSR count). The summed E-state index contributed by atoms with van der Waals surface area (Å²) >= 11 is 0. The number of esters is 1. The number of anilines is 2. The van der Waals surface area contributed by atoms with Crippen LogP contribution in [0.3, 0.4) is 0 Å². The van der Waals surface area contributed by atoms with Crippen molar-refractivity contribution >= 4 is 35.3 Å². The van der Waals surface area contributed by atoms with Gasteiger partial charge in [-0.05, 0) is 50.6 Å². The van der Waals surface area contributed by atoms with Gasteiger partial charge in [0, 0.05) is 6.42 Å². The van der Waals surface area contributed by atoms with Crippen molar-refractivity contribution in [3.8, 4) is 0 Å². The van der Waals surface area contributed by atoms with Crippen LogP contribution in [0.15, 0.2) is 78.9 Å². The number of hydrogen-bond donors (Lipinski definition) is 3. The molecule has 3 aromatic carbocycles. The number of alkyl carbamates (subject to hydrolysis) is 1. The highest BCUT2D eigenvalue weighted by Crippen LogP contribution is 2.21. The van der Waals surface area contributed by atoms with E-state index in [9.17, 15) is 19.2 Å². The highest BCUT2D eigenvalue weighted by Gasteiger charge is 2.26. The van der Waals surface area contributed by atoms with Gasteiger partial charge >= 0.3 is 12.1 Å². The fraction of sp³-hybridized carbons (Fsp3) is 0.241. The summed E-state index contributed by atoms with van der Waals surface area (Å²) in [6.45, 7) is 5.18. The molecule has 0 aliphatic heterocycles. The van der Waals surface area contributed by atoms with Gasteiger partial charge in [0.2, 0.25) is 5.91 Å². The van der Waals surface area contributed by atoms with Crippen molar-refractivity contribution in [1.82, 2.24) is 5.32 Å². The molecule has 0 saturated carbocycles. The van der Waals surface area contributed by atoms with Crippen LogP contribution in [-0.4, -0.2) is 42.6 Å². The van der Waals surface area contributed by atoms with Crippen molar-refractivity contribution in [1.29, 1.82) is 0 Å². The van der Waals surface area contributed by atoms with Crippen molar-refractivity contribution in [2.24, 2.45) is 0 Å². The lowest BCUT2D eigenvalue weighted by Gasteiger charge is -2.24. The van der Waals surface area contributed by atoms with Gasteiger partial charge in [-0.1, -0.05) is 54.6 Å². The van der Waals surface area contributed by atoms with Gasteiger partial charge in [-0.2, -0.15) is 0 Å². The Hall–Kier alpha value is -4.66. The van der Waals surface area contributed by atoms with Gasteiger partial charge in [0.05, 0.1) is 29.6 Å². The van der Waals surface area contributed by atoms with Gasteiger partial charge < -0.3 is 25.4 Å². The first-order valence-electron chi connectivity index (χ1n) is 12.0. The number of carbonyl (C=O) groups excluding carboxylic acids is 4. The molecule has 9 heteroatoms. The number of hydrogen-bond acceptors (Lipinski definition) is 6. The molecule has 0 aliphatic rings. The molecule has 0 spiro atoms. The highest BCUT2D eigenvalue weighted by atomic mass is 16.6. The van der Waals surface area contributed by atoms with Crippen LogP contribution < -0.4 is 16.0 Å². The second-order valence-electron chi connectivity index (χ2n) is 9.41. The Morgan fingerprint density at radius 2 is 1.32 bits per heavy atom. The first-order valence-corrected chi connectivity index (χ1v) is 12.0. The molecule has 38 heavy (non-hydrogen) atoms. The van der Waals surface area contributed by atoms with Gasteiger partial charge in [0.15, 0.2) is 0 Å². The SMILES string of the molecule is COC(=O)c1ccccc1NC(=O)c1ccccc1NC(=O)[C@@H](Cc1ccccc1)NC(=O)OC(C)(C)C. The number of amides is 3. The van der Waals surface area contributed by atoms with Gasteiger partial charge in [-0.15, -0.1) is 0 Å². The van der Waals surface area contributed by atoms with Crippen LogP contribution in [0, 0.1) is 0 Å². The van der Waals surface area contributed by atoms with Crippen LogP contribution >= 0.6 is 0 Å². The van der Waals surface area contributed by atoms with Crippen LogP contribution in [0.2, 0.25) is 0 Å². The fourth-order valence-corrected chi connectivity index (χ4v) is 3.59. The van der Waals surface area contributed by atoms with E-state index in [2.05, 4.69) is 16.0 Å². The molecule has 3 N–H and O–H groups in total. The van der Waals surface area contributed by atoms with E-state index in [1.165, 1.54) is 13.2 Å². The molecule has 0 aliphatic carbocycles. The zero-order chi connectivity index (χ0) is 27.7. The minimum absolute atomic E-state index is 0.163. The Balaban J connectivity index is 1.83. The molecule has 0 saturated heterocycles. The number of nitrogens with one attached hydrogen (secondary N) is 3. The predicted molar refractivity (Wildman–Crippen MR) is 144 cm³/mol. The highest BCUT2D eigenvalue weighted by molar-refractivity contribution is 6.12. The third-order valence-corrected chi connectivity index (χ3v) is 5.30. The lowest BCUT2D eigenvalue weighted by molar-refractivity contribution is -0.118. The monoisotopic (exact) mass is 517 g/mol. The molecule has 3 amide bonds. The quantitative estimate of drug-likeness (QED) is 0.369. The number of para-hydroxylation sites is 2. The smallest absolute Gasteiger partial charge is 0.408 e. The molecule has 0 aromatic heterocycles. The molecule has 0 fully saturated rings. The summed E-state index contributed by atoms with van der Waals surface area (Å²) in [6, 6.07) is 21.1. The summed E-state index contributed by atoms with van der Waals surface area (Å²) in [7, 11) is 1.25. The lowest BCUT2D eigenvalue weighted by Crippen LogP contribution is -2.47. The predicted octanol–water partition coefficient (Wildman–Crippen LogP) is 4.80. The first kappa shape index (κ1) is 27.9. The maximum absolute atomic E-state index is 13.4. The van der Waals surface area contributed by atoms with Crippen LogP contribution in [0.4, 0.5) is 16.2 Å². The van der Waals surface area contributed by atoms with Gasteiger partial charge in [0.1, 0.15) is 11.6 Å². The Morgan fingerprint density at radius 3 is 1.92 bits per heavy atom. The number of carbonyl (C=O) groups is 4. The molecule has 0 radical (unpaired) electrons. The largest absolute Gasteiger partial charge is 0.465 e. The Kier molecular flexibility index (Phi) is 9.21. The summed E-state index contributed by atoms with van der Waals surface area (Å²) in [5.74, 6) is -1.67. The third kappa shape index (κ3) is 7.92. The summed E-state index contributed by atoms with van der Waals surface area (Å²) in [5.41, 5.74) is 0.927. The molecule has 0 heterocycles. The minimum Gasteiger partial charge on any atom is -0.465 e. The Morgan fingerprint density at radius 1 is 0.763 bits per heavy atom. The van der Waals surface area contributed by atoms with E-state index in [4.69, 9.17) is 9.47 Å². The van der Waals surface area contributed by atoms with Crippen molar-refractivity contribution < 1.29 is 28.7 Å². The number of rotatable bonds is 8. The molecule has 1 atom stereocenters. The molecular formula is C29H31N3O6. The molecule has 0 bridgehead atoms. The van der Waals surface area contributed by atoms with Crippen molar-refractivity contribution in [2.75, 3.05) is 17.7 Å². The van der Waals surface area contributed by atoms with E-state index in [1.54, 1.807) is 63.2 Å². The minimum atomic E-state index is -0.983. The first-order chi connectivity index (χ1) is 18.1. The third-order valence-electron chi connectivity index (χ3n) is 5.30. The standard InChI is InChI=1S/C29H31N3O6/c1-29(2,3)38-28(36)32-24(18-19-12-6-5-7-13-19)26(34)31-22-16-10-8-14-20(22)25(33)30-23-17-11-9-15-21(23)27(35)37-4/h5-17,24H,18H2,1-4H3,(H,30,33)(H,31,34)(H,32,36)/t24-/m1/s1. The topological polar surface area (TPSA) is 123 Å². The fourth-order valence-electron chi connectivity index (χ4n) is 3.59. The summed E-state index contributed by atoms with van der Waals surface area (Å²) < 4.78 is 10.1. The summed E-state index contributed by atoms with van der Waals surface area (Å²) in [4.78, 5) is 51.1. The maximum Gasteiger partial charge on any atom is 0.408 e. The van der Waals surface area contributed by atoms with E-state index in [0.717, 1.165) is 5.56 Å². The number of methoxy groups -OCH3 is 1. The zero-order valence-corrected chi connectivity index (χ0v) is 21.7. The van der Waals surface area contributed by atoms with Crippen molar-refractivity contribution in [2.45, 2.75) is 38.8 Å². The molecule has 3 aromatic rings. The van der Waals surface area contributed by atoms with Crippen molar-refractivity contribution in [3.63, 3.8) is 0 Å². The molecular weight excluding hydrogens is 486 g/mol. The summed E-state index contributed by atoms with van der Waals surface area (Å²) in [6.07, 6.45) is -0.536. The second-order valence-corrected chi connectivity index (χ2v) is 9.41. The Bertz CT molecular complexity index is 1300. The van der Waals surface area contributed by atoms with Gasteiger partial charge in [-0.3, -0.25) is 9.59 Å². The average Bonchev–Trinajstić information content (AvgIpc) is 2.88. The Labute approximate surface area is 221 Å².